The normalized spacial score (nSPS) is 11.0. The van der Waals surface area contributed by atoms with Gasteiger partial charge in [-0.15, -0.1) is 0 Å². The van der Waals surface area contributed by atoms with Crippen LogP contribution in [0.4, 0.5) is 10.5 Å². The molecule has 7 aromatic rings. The Bertz CT molecular complexity index is 2100. The molecule has 1 N–H and O–H groups in total. The van der Waals surface area contributed by atoms with Crippen molar-refractivity contribution >= 4 is 33.3 Å². The van der Waals surface area contributed by atoms with Gasteiger partial charge < -0.3 is 10.2 Å². The van der Waals surface area contributed by atoms with Crippen LogP contribution in [0.5, 0.6) is 0 Å². The van der Waals surface area contributed by atoms with Gasteiger partial charge in [0.2, 0.25) is 0 Å². The molecular formula is C41H32N2O. The first kappa shape index (κ1) is 27.2. The molecule has 0 aliphatic rings. The SMILES string of the molecule is CN(C)C(=O)Nc1cc2ccccc2c2c(-c3ccccc3)c(-c3ccccc3)c(-c3ccccc3)c(-c3ccccc3)c12. The predicted molar refractivity (Wildman–Crippen MR) is 186 cm³/mol. The van der Waals surface area contributed by atoms with Gasteiger partial charge in [-0.25, -0.2) is 4.79 Å². The molecule has 0 heterocycles. The Morgan fingerprint density at radius 2 is 0.864 bits per heavy atom. The van der Waals surface area contributed by atoms with Crippen LogP contribution in [0.2, 0.25) is 0 Å². The van der Waals surface area contributed by atoms with E-state index in [2.05, 4.69) is 157 Å². The standard InChI is InChI=1S/C41H32N2O/c1-43(2)41(44)42-34-27-32-25-15-16-26-33(32)39-37(30-21-11-5-12-22-30)35(28-17-7-3-8-18-28)36(29-19-9-4-10-20-29)38(40(34)39)31-23-13-6-14-24-31/h3-27H,1-2H3,(H,42,44). The molecule has 3 nitrogen and oxygen atoms in total. The first-order valence-electron chi connectivity index (χ1n) is 14.9. The average molecular weight is 569 g/mol. The second-order valence-corrected chi connectivity index (χ2v) is 11.2. The van der Waals surface area contributed by atoms with Crippen molar-refractivity contribution in [3.05, 3.63) is 152 Å². The lowest BCUT2D eigenvalue weighted by Gasteiger charge is -2.27. The summed E-state index contributed by atoms with van der Waals surface area (Å²) < 4.78 is 0. The van der Waals surface area contributed by atoms with Gasteiger partial charge >= 0.3 is 6.03 Å². The third kappa shape index (κ3) is 4.79. The minimum Gasteiger partial charge on any atom is -0.331 e. The van der Waals surface area contributed by atoms with Gasteiger partial charge in [-0.2, -0.15) is 0 Å². The van der Waals surface area contributed by atoms with Crippen molar-refractivity contribution in [1.29, 1.82) is 0 Å². The van der Waals surface area contributed by atoms with E-state index >= 15 is 0 Å². The number of urea groups is 1. The molecule has 0 aliphatic heterocycles. The van der Waals surface area contributed by atoms with E-state index < -0.39 is 0 Å². The maximum Gasteiger partial charge on any atom is 0.321 e. The topological polar surface area (TPSA) is 32.3 Å². The number of carbonyl (C=O) groups is 1. The number of anilines is 1. The third-order valence-corrected chi connectivity index (χ3v) is 8.20. The van der Waals surface area contributed by atoms with Gasteiger partial charge in [0.05, 0.1) is 5.69 Å². The van der Waals surface area contributed by atoms with Crippen LogP contribution >= 0.6 is 0 Å². The van der Waals surface area contributed by atoms with Crippen molar-refractivity contribution in [3.8, 4) is 44.5 Å². The lowest BCUT2D eigenvalue weighted by atomic mass is 9.77. The second-order valence-electron chi connectivity index (χ2n) is 11.2. The molecule has 0 saturated heterocycles. The van der Waals surface area contributed by atoms with E-state index in [-0.39, 0.29) is 6.03 Å². The highest BCUT2D eigenvalue weighted by molar-refractivity contribution is 6.29. The van der Waals surface area contributed by atoms with Crippen LogP contribution in [0.1, 0.15) is 0 Å². The Hall–Kier alpha value is -5.67. The van der Waals surface area contributed by atoms with Crippen LogP contribution in [0.15, 0.2) is 152 Å². The lowest BCUT2D eigenvalue weighted by Crippen LogP contribution is -2.27. The molecule has 0 bridgehead atoms. The molecule has 0 spiro atoms. The van der Waals surface area contributed by atoms with Gasteiger partial charge in [0.15, 0.2) is 0 Å². The van der Waals surface area contributed by atoms with Gasteiger partial charge in [-0.1, -0.05) is 146 Å². The molecular weight excluding hydrogens is 536 g/mol. The van der Waals surface area contributed by atoms with Crippen molar-refractivity contribution in [3.63, 3.8) is 0 Å². The van der Waals surface area contributed by atoms with Gasteiger partial charge in [0.25, 0.3) is 0 Å². The maximum atomic E-state index is 13.4. The molecule has 3 heteroatoms. The van der Waals surface area contributed by atoms with E-state index in [4.69, 9.17) is 0 Å². The quantitative estimate of drug-likeness (QED) is 0.206. The summed E-state index contributed by atoms with van der Waals surface area (Å²) in [7, 11) is 3.55. The van der Waals surface area contributed by atoms with Crippen LogP contribution in [0.25, 0.3) is 66.1 Å². The second kappa shape index (κ2) is 11.5. The lowest BCUT2D eigenvalue weighted by molar-refractivity contribution is 0.231. The minimum absolute atomic E-state index is 0.171. The van der Waals surface area contributed by atoms with E-state index in [0.717, 1.165) is 71.7 Å². The molecule has 2 amide bonds. The van der Waals surface area contributed by atoms with Crippen molar-refractivity contribution in [1.82, 2.24) is 4.90 Å². The smallest absolute Gasteiger partial charge is 0.321 e. The zero-order valence-corrected chi connectivity index (χ0v) is 24.8. The number of hydrogen-bond donors (Lipinski definition) is 1. The Morgan fingerprint density at radius 1 is 0.477 bits per heavy atom. The largest absolute Gasteiger partial charge is 0.331 e. The van der Waals surface area contributed by atoms with Crippen LogP contribution < -0.4 is 5.32 Å². The molecule has 0 unspecified atom stereocenters. The zero-order chi connectivity index (χ0) is 30.0. The van der Waals surface area contributed by atoms with E-state index in [1.807, 2.05) is 0 Å². The number of hydrogen-bond acceptors (Lipinski definition) is 1. The fourth-order valence-electron chi connectivity index (χ4n) is 6.27. The summed E-state index contributed by atoms with van der Waals surface area (Å²) in [6.45, 7) is 0. The fourth-order valence-corrected chi connectivity index (χ4v) is 6.27. The summed E-state index contributed by atoms with van der Waals surface area (Å²) in [5.41, 5.74) is 9.76. The molecule has 212 valence electrons. The van der Waals surface area contributed by atoms with E-state index in [9.17, 15) is 4.79 Å². The van der Waals surface area contributed by atoms with Gasteiger partial charge in [-0.05, 0) is 55.8 Å². The summed E-state index contributed by atoms with van der Waals surface area (Å²) in [5, 5.41) is 7.62. The first-order chi connectivity index (χ1) is 21.6. The molecule has 0 saturated carbocycles. The number of amides is 2. The van der Waals surface area contributed by atoms with Gasteiger partial charge in [-0.3, -0.25) is 0 Å². The fraction of sp³-hybridized carbons (Fsp3) is 0.0488. The number of rotatable bonds is 5. The van der Waals surface area contributed by atoms with Crippen molar-refractivity contribution in [2.75, 3.05) is 19.4 Å². The first-order valence-corrected chi connectivity index (χ1v) is 14.9. The van der Waals surface area contributed by atoms with Crippen molar-refractivity contribution in [2.45, 2.75) is 0 Å². The molecule has 0 fully saturated rings. The number of nitrogens with one attached hydrogen (secondary N) is 1. The number of benzene rings is 7. The Morgan fingerprint density at radius 3 is 1.32 bits per heavy atom. The average Bonchev–Trinajstić information content (AvgIpc) is 3.08. The van der Waals surface area contributed by atoms with E-state index in [0.29, 0.717) is 0 Å². The molecule has 0 aliphatic carbocycles. The minimum atomic E-state index is -0.171. The Kier molecular flexibility index (Phi) is 7.13. The summed E-state index contributed by atoms with van der Waals surface area (Å²) in [6, 6.07) is 53.0. The van der Waals surface area contributed by atoms with Crippen LogP contribution in [-0.2, 0) is 0 Å². The van der Waals surface area contributed by atoms with Crippen LogP contribution in [0.3, 0.4) is 0 Å². The Balaban J connectivity index is 1.83. The summed E-state index contributed by atoms with van der Waals surface area (Å²) in [5.74, 6) is 0. The number of nitrogens with zero attached hydrogens (tertiary/aromatic N) is 1. The summed E-state index contributed by atoms with van der Waals surface area (Å²) >= 11 is 0. The third-order valence-electron chi connectivity index (χ3n) is 8.20. The molecule has 0 radical (unpaired) electrons. The highest BCUT2D eigenvalue weighted by atomic mass is 16.2. The Labute approximate surface area is 258 Å². The number of carbonyl (C=O) groups excluding carboxylic acids is 1. The molecule has 7 aromatic carbocycles. The predicted octanol–water partition coefficient (Wildman–Crippen LogP) is 10.8. The maximum absolute atomic E-state index is 13.4. The highest BCUT2D eigenvalue weighted by Gasteiger charge is 2.27. The summed E-state index contributed by atoms with van der Waals surface area (Å²) in [4.78, 5) is 14.9. The van der Waals surface area contributed by atoms with Gasteiger partial charge in [0, 0.05) is 30.4 Å². The van der Waals surface area contributed by atoms with Crippen molar-refractivity contribution in [2.24, 2.45) is 0 Å². The van der Waals surface area contributed by atoms with Crippen molar-refractivity contribution < 1.29 is 4.79 Å². The summed E-state index contributed by atoms with van der Waals surface area (Å²) in [6.07, 6.45) is 0. The van der Waals surface area contributed by atoms with Crippen LogP contribution in [-0.4, -0.2) is 25.0 Å². The molecule has 7 rings (SSSR count). The monoisotopic (exact) mass is 568 g/mol. The van der Waals surface area contributed by atoms with Gasteiger partial charge in [0.1, 0.15) is 0 Å². The van der Waals surface area contributed by atoms with Crippen LogP contribution in [0, 0.1) is 0 Å². The van der Waals surface area contributed by atoms with E-state index in [1.54, 1.807) is 19.0 Å². The number of fused-ring (bicyclic) bond motifs is 3. The molecule has 0 atom stereocenters. The molecule has 0 aromatic heterocycles. The zero-order valence-electron chi connectivity index (χ0n) is 24.8. The van der Waals surface area contributed by atoms with E-state index in [1.165, 1.54) is 0 Å². The molecule has 44 heavy (non-hydrogen) atoms. The highest BCUT2D eigenvalue weighted by Crippen LogP contribution is 2.54.